The Morgan fingerprint density at radius 2 is 1.82 bits per heavy atom. The van der Waals surface area contributed by atoms with Gasteiger partial charge in [-0.25, -0.2) is 4.98 Å². The topological polar surface area (TPSA) is 87.0 Å². The molecular weight excluding hydrogens is 504 g/mol. The Hall–Kier alpha value is -4.37. The molecule has 3 heterocycles. The number of rotatable bonds is 8. The van der Waals surface area contributed by atoms with E-state index in [-0.39, 0.29) is 13.2 Å². The second-order valence-corrected chi connectivity index (χ2v) is 9.65. The van der Waals surface area contributed by atoms with Crippen LogP contribution in [0.15, 0.2) is 77.9 Å². The number of furan rings is 1. The highest BCUT2D eigenvalue weighted by molar-refractivity contribution is 6.00. The molecule has 40 heavy (non-hydrogen) atoms. The maximum atomic E-state index is 12.0. The first-order valence-electron chi connectivity index (χ1n) is 13.7. The van der Waals surface area contributed by atoms with Gasteiger partial charge in [0.15, 0.2) is 0 Å². The summed E-state index contributed by atoms with van der Waals surface area (Å²) in [6.07, 6.45) is 5.45. The van der Waals surface area contributed by atoms with E-state index in [1.807, 2.05) is 18.2 Å². The van der Waals surface area contributed by atoms with Gasteiger partial charge < -0.3 is 29.2 Å². The molecule has 0 spiro atoms. The Bertz CT molecular complexity index is 1420. The van der Waals surface area contributed by atoms with E-state index in [1.54, 1.807) is 37.6 Å². The molecule has 0 bridgehead atoms. The quantitative estimate of drug-likeness (QED) is 0.245. The summed E-state index contributed by atoms with van der Waals surface area (Å²) in [7, 11) is 3.83. The number of hydrogen-bond donors (Lipinski definition) is 1. The summed E-state index contributed by atoms with van der Waals surface area (Å²) in [4.78, 5) is 27.3. The van der Waals surface area contributed by atoms with E-state index >= 15 is 0 Å². The highest BCUT2D eigenvalue weighted by atomic mass is 16.5. The number of likely N-dealkylation sites (N-methyl/N-ethyl adjacent to an activating group) is 2. The molecule has 0 aliphatic carbocycles. The van der Waals surface area contributed by atoms with Crippen LogP contribution in [0, 0.1) is 0 Å². The van der Waals surface area contributed by atoms with Crippen LogP contribution in [0.4, 0.5) is 23.0 Å². The summed E-state index contributed by atoms with van der Waals surface area (Å²) < 4.78 is 11.7. The molecule has 9 heteroatoms. The molecule has 0 unspecified atom stereocenters. The number of amides is 1. The van der Waals surface area contributed by atoms with Crippen LogP contribution in [0.5, 0.6) is 11.6 Å². The van der Waals surface area contributed by atoms with Gasteiger partial charge in [-0.05, 0) is 49.5 Å². The third-order valence-electron chi connectivity index (χ3n) is 6.69. The number of unbranched alkanes of at least 4 members (excludes halogenated alkanes) is 1. The molecule has 0 radical (unpaired) electrons. The Morgan fingerprint density at radius 3 is 2.50 bits per heavy atom. The molecule has 0 atom stereocenters. The molecule has 0 saturated carbocycles. The fraction of sp³-hybridized carbons (Fsp3) is 0.323. The van der Waals surface area contributed by atoms with Crippen molar-refractivity contribution in [1.29, 1.82) is 0 Å². The standard InChI is InChI=1S/C27H28N6O3.C4H10.H2/c1-4-24(34)32(3)21-6-5-7-22(18-21)36-26-25-23(12-17-35-25)29-27(30-26)28-19-8-10-20(11-9-19)33-15-13-31(2)14-16-33;1-3-4-2;/h4-12,17-18H,1,13-16H2,2-3H3,(H,28,29,30);3-4H2,1-2H3;1H. The van der Waals surface area contributed by atoms with Gasteiger partial charge >= 0.3 is 0 Å². The number of nitrogens with zero attached hydrogens (tertiary/aromatic N) is 5. The molecule has 9 nitrogen and oxygen atoms in total. The number of carbonyl (C=O) groups is 1. The van der Waals surface area contributed by atoms with E-state index in [1.165, 1.54) is 29.5 Å². The zero-order chi connectivity index (χ0) is 28.5. The molecule has 1 N–H and O–H groups in total. The number of ether oxygens (including phenoxy) is 1. The summed E-state index contributed by atoms with van der Waals surface area (Å²) in [5, 5.41) is 3.27. The molecule has 1 aliphatic rings. The van der Waals surface area contributed by atoms with Crippen LogP contribution in [0.25, 0.3) is 11.1 Å². The van der Waals surface area contributed by atoms with E-state index in [2.05, 4.69) is 64.7 Å². The Labute approximate surface area is 237 Å². The van der Waals surface area contributed by atoms with E-state index in [0.29, 0.717) is 28.5 Å². The Kier molecular flexibility index (Phi) is 9.75. The second-order valence-electron chi connectivity index (χ2n) is 9.65. The van der Waals surface area contributed by atoms with Crippen molar-refractivity contribution in [3.05, 3.63) is 73.5 Å². The van der Waals surface area contributed by atoms with Gasteiger partial charge in [0.05, 0.1) is 6.26 Å². The molecule has 1 fully saturated rings. The van der Waals surface area contributed by atoms with Crippen molar-refractivity contribution in [1.82, 2.24) is 14.9 Å². The number of nitrogens with one attached hydrogen (secondary N) is 1. The molecule has 2 aromatic carbocycles. The van der Waals surface area contributed by atoms with E-state index in [4.69, 9.17) is 9.15 Å². The largest absolute Gasteiger partial charge is 0.457 e. The Balaban J connectivity index is 0.000000869. The molecule has 4 aromatic rings. The molecular formula is C31H40N6O3. The molecule has 212 valence electrons. The molecule has 1 amide bonds. The first-order chi connectivity index (χ1) is 19.4. The van der Waals surface area contributed by atoms with Gasteiger partial charge in [-0.1, -0.05) is 39.3 Å². The van der Waals surface area contributed by atoms with Gasteiger partial charge in [0, 0.05) is 63.8 Å². The van der Waals surface area contributed by atoms with Crippen LogP contribution in [-0.2, 0) is 4.79 Å². The van der Waals surface area contributed by atoms with Gasteiger partial charge in [0.1, 0.15) is 11.3 Å². The smallest absolute Gasteiger partial charge is 0.268 e. The van der Waals surface area contributed by atoms with Crippen molar-refractivity contribution in [2.45, 2.75) is 26.7 Å². The third kappa shape index (κ3) is 7.18. The number of piperazine rings is 1. The lowest BCUT2D eigenvalue weighted by molar-refractivity contribution is -0.113. The van der Waals surface area contributed by atoms with Crippen molar-refractivity contribution >= 4 is 40.0 Å². The van der Waals surface area contributed by atoms with Gasteiger partial charge in [0.25, 0.3) is 5.88 Å². The number of benzene rings is 2. The normalized spacial score (nSPS) is 13.3. The monoisotopic (exact) mass is 544 g/mol. The predicted molar refractivity (Wildman–Crippen MR) is 164 cm³/mol. The lowest BCUT2D eigenvalue weighted by atomic mass is 10.2. The zero-order valence-electron chi connectivity index (χ0n) is 23.8. The minimum absolute atomic E-state index is 0. The highest BCUT2D eigenvalue weighted by Gasteiger charge is 2.16. The van der Waals surface area contributed by atoms with Crippen molar-refractivity contribution in [2.24, 2.45) is 0 Å². The summed E-state index contributed by atoms with van der Waals surface area (Å²) in [6.45, 7) is 12.1. The number of aromatic nitrogens is 2. The number of anilines is 4. The van der Waals surface area contributed by atoms with E-state index in [0.717, 1.165) is 31.9 Å². The fourth-order valence-corrected chi connectivity index (χ4v) is 4.04. The summed E-state index contributed by atoms with van der Waals surface area (Å²) in [6, 6.07) is 17.2. The van der Waals surface area contributed by atoms with E-state index in [9.17, 15) is 4.79 Å². The molecule has 1 aliphatic heterocycles. The molecule has 5 rings (SSSR count). The first kappa shape index (κ1) is 28.6. The highest BCUT2D eigenvalue weighted by Crippen LogP contribution is 2.32. The lowest BCUT2D eigenvalue weighted by Gasteiger charge is -2.34. The van der Waals surface area contributed by atoms with Crippen LogP contribution in [0.2, 0.25) is 0 Å². The van der Waals surface area contributed by atoms with Crippen molar-refractivity contribution in [3.8, 4) is 11.6 Å². The van der Waals surface area contributed by atoms with Crippen molar-refractivity contribution < 1.29 is 15.4 Å². The van der Waals surface area contributed by atoms with Crippen LogP contribution in [0.1, 0.15) is 28.1 Å². The maximum Gasteiger partial charge on any atom is 0.268 e. The second kappa shape index (κ2) is 13.6. The average Bonchev–Trinajstić information content (AvgIpc) is 3.47. The van der Waals surface area contributed by atoms with Gasteiger partial charge in [-0.3, -0.25) is 4.79 Å². The fourth-order valence-electron chi connectivity index (χ4n) is 4.04. The van der Waals surface area contributed by atoms with Crippen molar-refractivity contribution in [2.75, 3.05) is 55.4 Å². The number of hydrogen-bond acceptors (Lipinski definition) is 8. The minimum Gasteiger partial charge on any atom is -0.457 e. The zero-order valence-corrected chi connectivity index (χ0v) is 23.8. The number of fused-ring (bicyclic) bond motifs is 1. The lowest BCUT2D eigenvalue weighted by Crippen LogP contribution is -2.44. The SMILES string of the molecule is C=CC(=O)N(C)c1cccc(Oc2nc(Nc3ccc(N4CCN(C)CC4)cc3)nc3ccoc23)c1.CCCC.[HH]. The average molecular weight is 545 g/mol. The summed E-state index contributed by atoms with van der Waals surface area (Å²) in [5.41, 5.74) is 3.79. The van der Waals surface area contributed by atoms with Crippen LogP contribution >= 0.6 is 0 Å². The third-order valence-corrected chi connectivity index (χ3v) is 6.69. The Morgan fingerprint density at radius 1 is 1.10 bits per heavy atom. The molecule has 1 saturated heterocycles. The van der Waals surface area contributed by atoms with Crippen LogP contribution in [-0.4, -0.2) is 61.0 Å². The minimum atomic E-state index is -0.215. The summed E-state index contributed by atoms with van der Waals surface area (Å²) >= 11 is 0. The van der Waals surface area contributed by atoms with E-state index < -0.39 is 0 Å². The summed E-state index contributed by atoms with van der Waals surface area (Å²) in [5.74, 6) is 0.959. The predicted octanol–water partition coefficient (Wildman–Crippen LogP) is 6.71. The first-order valence-corrected chi connectivity index (χ1v) is 13.7. The van der Waals surface area contributed by atoms with Crippen LogP contribution in [0.3, 0.4) is 0 Å². The van der Waals surface area contributed by atoms with Gasteiger partial charge in [-0.15, -0.1) is 0 Å². The van der Waals surface area contributed by atoms with Crippen LogP contribution < -0.4 is 19.9 Å². The van der Waals surface area contributed by atoms with Crippen molar-refractivity contribution in [3.63, 3.8) is 0 Å². The molecule has 2 aromatic heterocycles. The van der Waals surface area contributed by atoms with Gasteiger partial charge in [0.2, 0.25) is 17.4 Å². The van der Waals surface area contributed by atoms with Gasteiger partial charge in [-0.2, -0.15) is 4.98 Å². The number of carbonyl (C=O) groups excluding carboxylic acids is 1. The maximum absolute atomic E-state index is 12.0.